The summed E-state index contributed by atoms with van der Waals surface area (Å²) in [5.74, 6) is -0.430. The van der Waals surface area contributed by atoms with Gasteiger partial charge in [-0.3, -0.25) is 0 Å². The number of hydrogen-bond donors (Lipinski definition) is 1. The zero-order chi connectivity index (χ0) is 14.7. The molecule has 1 heterocycles. The largest absolute Gasteiger partial charge is 0.330 e. The van der Waals surface area contributed by atoms with Gasteiger partial charge in [-0.05, 0) is 43.5 Å². The molecule has 108 valence electrons. The number of rotatable bonds is 5. The summed E-state index contributed by atoms with van der Waals surface area (Å²) in [4.78, 5) is 0. The van der Waals surface area contributed by atoms with E-state index in [1.807, 2.05) is 4.68 Å². The Morgan fingerprint density at radius 2 is 2.05 bits per heavy atom. The Labute approximate surface area is 123 Å². The van der Waals surface area contributed by atoms with Crippen molar-refractivity contribution in [1.29, 1.82) is 0 Å². The van der Waals surface area contributed by atoms with E-state index < -0.39 is 5.82 Å². The second-order valence-corrected chi connectivity index (χ2v) is 5.04. The highest BCUT2D eigenvalue weighted by molar-refractivity contribution is 6.30. The molecule has 1 aromatic carbocycles. The third kappa shape index (κ3) is 2.72. The molecule has 0 saturated carbocycles. The van der Waals surface area contributed by atoms with Crippen molar-refractivity contribution in [2.75, 3.05) is 6.54 Å². The molecule has 0 radical (unpaired) electrons. The van der Waals surface area contributed by atoms with Crippen LogP contribution in [0, 0.1) is 5.82 Å². The highest BCUT2D eigenvalue weighted by atomic mass is 35.5. The molecule has 0 atom stereocenters. The van der Waals surface area contributed by atoms with Gasteiger partial charge in [-0.2, -0.15) is 5.10 Å². The van der Waals surface area contributed by atoms with E-state index >= 15 is 0 Å². The normalized spacial score (nSPS) is 11.1. The fraction of sp³-hybridized carbons (Fsp3) is 0.400. The molecule has 0 bridgehead atoms. The molecular weight excluding hydrogens is 277 g/mol. The zero-order valence-corrected chi connectivity index (χ0v) is 12.5. The van der Waals surface area contributed by atoms with E-state index in [2.05, 4.69) is 18.9 Å². The molecule has 2 rings (SSSR count). The molecule has 0 saturated heterocycles. The summed E-state index contributed by atoms with van der Waals surface area (Å²) in [7, 11) is 0. The van der Waals surface area contributed by atoms with Crippen LogP contribution in [0.25, 0.3) is 5.69 Å². The van der Waals surface area contributed by atoms with E-state index in [0.29, 0.717) is 12.2 Å². The summed E-state index contributed by atoms with van der Waals surface area (Å²) in [5.41, 5.74) is 9.69. The molecule has 0 unspecified atom stereocenters. The maximum absolute atomic E-state index is 13.6. The van der Waals surface area contributed by atoms with Gasteiger partial charge in [0.15, 0.2) is 0 Å². The van der Waals surface area contributed by atoms with Crippen molar-refractivity contribution in [1.82, 2.24) is 9.78 Å². The van der Waals surface area contributed by atoms with Crippen molar-refractivity contribution >= 4 is 11.6 Å². The van der Waals surface area contributed by atoms with Crippen molar-refractivity contribution < 1.29 is 4.39 Å². The van der Waals surface area contributed by atoms with Crippen molar-refractivity contribution in [2.45, 2.75) is 33.1 Å². The van der Waals surface area contributed by atoms with E-state index in [-0.39, 0.29) is 5.02 Å². The summed E-state index contributed by atoms with van der Waals surface area (Å²) >= 11 is 5.73. The predicted molar refractivity (Wildman–Crippen MR) is 80.0 cm³/mol. The Hall–Kier alpha value is -1.39. The average Bonchev–Trinajstić information content (AvgIpc) is 2.80. The summed E-state index contributed by atoms with van der Waals surface area (Å²) < 4.78 is 15.5. The SMILES string of the molecule is CCc1nn(-c2ccc(Cl)c(F)c2)c(CC)c1CCN. The maximum atomic E-state index is 13.6. The number of halogens is 2. The summed E-state index contributed by atoms with van der Waals surface area (Å²) in [6, 6.07) is 4.75. The second-order valence-electron chi connectivity index (χ2n) is 4.63. The second kappa shape index (κ2) is 6.37. The topological polar surface area (TPSA) is 43.8 Å². The fourth-order valence-corrected chi connectivity index (χ4v) is 2.56. The van der Waals surface area contributed by atoms with E-state index in [9.17, 15) is 4.39 Å². The van der Waals surface area contributed by atoms with E-state index in [1.54, 1.807) is 12.1 Å². The first-order chi connectivity index (χ1) is 9.62. The van der Waals surface area contributed by atoms with Crippen molar-refractivity contribution in [3.05, 3.63) is 46.0 Å². The van der Waals surface area contributed by atoms with Gasteiger partial charge in [0.1, 0.15) is 5.82 Å². The predicted octanol–water partition coefficient (Wildman–Crippen LogP) is 3.29. The Morgan fingerprint density at radius 1 is 1.30 bits per heavy atom. The molecule has 0 spiro atoms. The van der Waals surface area contributed by atoms with Crippen molar-refractivity contribution in [2.24, 2.45) is 5.73 Å². The minimum absolute atomic E-state index is 0.122. The molecule has 0 amide bonds. The smallest absolute Gasteiger partial charge is 0.143 e. The summed E-state index contributed by atoms with van der Waals surface area (Å²) in [6.45, 7) is 4.72. The number of nitrogens with zero attached hydrogens (tertiary/aromatic N) is 2. The molecule has 5 heteroatoms. The number of hydrogen-bond acceptors (Lipinski definition) is 2. The van der Waals surface area contributed by atoms with Crippen LogP contribution in [-0.4, -0.2) is 16.3 Å². The maximum Gasteiger partial charge on any atom is 0.143 e. The first kappa shape index (κ1) is 15.0. The highest BCUT2D eigenvalue weighted by Crippen LogP contribution is 2.23. The van der Waals surface area contributed by atoms with Gasteiger partial charge in [-0.25, -0.2) is 9.07 Å². The highest BCUT2D eigenvalue weighted by Gasteiger charge is 2.16. The first-order valence-corrected chi connectivity index (χ1v) is 7.25. The van der Waals surface area contributed by atoms with Crippen LogP contribution in [0.3, 0.4) is 0 Å². The molecule has 2 aromatic rings. The van der Waals surface area contributed by atoms with Gasteiger partial charge in [-0.1, -0.05) is 25.4 Å². The Balaban J connectivity index is 2.57. The Bertz CT molecular complexity index is 607. The zero-order valence-electron chi connectivity index (χ0n) is 11.8. The lowest BCUT2D eigenvalue weighted by molar-refractivity contribution is 0.625. The van der Waals surface area contributed by atoms with Crippen LogP contribution in [-0.2, 0) is 19.3 Å². The van der Waals surface area contributed by atoms with Gasteiger partial charge < -0.3 is 5.73 Å². The molecule has 3 nitrogen and oxygen atoms in total. The van der Waals surface area contributed by atoms with Gasteiger partial charge in [0.05, 0.1) is 16.4 Å². The molecule has 1 aromatic heterocycles. The third-order valence-corrected chi connectivity index (χ3v) is 3.69. The van der Waals surface area contributed by atoms with E-state index in [0.717, 1.165) is 30.7 Å². The molecule has 0 aliphatic heterocycles. The number of nitrogens with two attached hydrogens (primary N) is 1. The van der Waals surface area contributed by atoms with Crippen LogP contribution in [0.1, 0.15) is 30.8 Å². The van der Waals surface area contributed by atoms with Gasteiger partial charge in [0, 0.05) is 11.8 Å². The van der Waals surface area contributed by atoms with Crippen LogP contribution in [0.5, 0.6) is 0 Å². The standard InChI is InChI=1S/C15H19ClFN3/c1-3-14-11(7-8-18)15(4-2)20(19-14)10-5-6-12(16)13(17)9-10/h5-6,9H,3-4,7-8,18H2,1-2H3. The fourth-order valence-electron chi connectivity index (χ4n) is 2.45. The van der Waals surface area contributed by atoms with Crippen LogP contribution in [0.4, 0.5) is 4.39 Å². The lowest BCUT2D eigenvalue weighted by Gasteiger charge is -2.08. The summed E-state index contributed by atoms with van der Waals surface area (Å²) in [5, 5.41) is 4.73. The van der Waals surface area contributed by atoms with Crippen molar-refractivity contribution in [3.8, 4) is 5.69 Å². The molecule has 0 aliphatic rings. The molecule has 0 fully saturated rings. The lowest BCUT2D eigenvalue weighted by Crippen LogP contribution is -2.07. The number of aromatic nitrogens is 2. The third-order valence-electron chi connectivity index (χ3n) is 3.38. The Kier molecular flexibility index (Phi) is 4.78. The minimum Gasteiger partial charge on any atom is -0.330 e. The molecule has 2 N–H and O–H groups in total. The average molecular weight is 296 g/mol. The first-order valence-electron chi connectivity index (χ1n) is 6.87. The van der Waals surface area contributed by atoms with Gasteiger partial charge in [-0.15, -0.1) is 0 Å². The Morgan fingerprint density at radius 3 is 2.60 bits per heavy atom. The van der Waals surface area contributed by atoms with Crippen LogP contribution in [0.15, 0.2) is 18.2 Å². The molecular formula is C15H19ClFN3. The lowest BCUT2D eigenvalue weighted by atomic mass is 10.1. The van der Waals surface area contributed by atoms with E-state index in [1.165, 1.54) is 11.6 Å². The van der Waals surface area contributed by atoms with Gasteiger partial charge in [0.25, 0.3) is 0 Å². The molecule has 20 heavy (non-hydrogen) atoms. The van der Waals surface area contributed by atoms with E-state index in [4.69, 9.17) is 17.3 Å². The number of benzene rings is 1. The minimum atomic E-state index is -0.430. The van der Waals surface area contributed by atoms with Crippen LogP contribution >= 0.6 is 11.6 Å². The van der Waals surface area contributed by atoms with Gasteiger partial charge in [0.2, 0.25) is 0 Å². The monoisotopic (exact) mass is 295 g/mol. The number of aryl methyl sites for hydroxylation is 1. The van der Waals surface area contributed by atoms with Crippen LogP contribution in [0.2, 0.25) is 5.02 Å². The van der Waals surface area contributed by atoms with Crippen molar-refractivity contribution in [3.63, 3.8) is 0 Å². The van der Waals surface area contributed by atoms with Gasteiger partial charge >= 0.3 is 0 Å². The summed E-state index contributed by atoms with van der Waals surface area (Å²) in [6.07, 6.45) is 2.46. The molecule has 0 aliphatic carbocycles. The quantitative estimate of drug-likeness (QED) is 0.920. The van der Waals surface area contributed by atoms with Crippen LogP contribution < -0.4 is 5.73 Å².